The predicted molar refractivity (Wildman–Crippen MR) is 139 cm³/mol. The van der Waals surface area contributed by atoms with Gasteiger partial charge in [0, 0.05) is 36.9 Å². The van der Waals surface area contributed by atoms with Crippen LogP contribution in [0.3, 0.4) is 0 Å². The number of H-pyrrole nitrogens is 1. The Bertz CT molecular complexity index is 1440. The number of aromatic amines is 1. The standard InChI is InChI=1S/C27H34N6O3/c1-17(2)21-14-24-23(13-22(21)18-12-25(35-3)26-28-16-29-32(26)15-18)30-27(34)33(24)20-6-4-19(5-7-20)31-8-10-36-11-9-31/h12-17,19-20H,4-11H2,1-3H3,(H,30,34). The van der Waals surface area contributed by atoms with Crippen LogP contribution in [0.25, 0.3) is 27.8 Å². The molecule has 3 aromatic heterocycles. The Kier molecular flexibility index (Phi) is 6.05. The topological polar surface area (TPSA) is 89.7 Å². The largest absolute Gasteiger partial charge is 0.493 e. The third-order valence-electron chi connectivity index (χ3n) is 7.98. The molecule has 2 fully saturated rings. The molecule has 0 atom stereocenters. The van der Waals surface area contributed by atoms with Crippen molar-refractivity contribution in [1.29, 1.82) is 0 Å². The molecule has 1 aliphatic carbocycles. The number of ether oxygens (including phenoxy) is 2. The molecule has 0 radical (unpaired) electrons. The van der Waals surface area contributed by atoms with E-state index >= 15 is 0 Å². The normalized spacial score (nSPS) is 21.6. The number of rotatable bonds is 5. The van der Waals surface area contributed by atoms with Crippen molar-refractivity contribution in [3.8, 4) is 16.9 Å². The fourth-order valence-corrected chi connectivity index (χ4v) is 6.10. The van der Waals surface area contributed by atoms with Gasteiger partial charge in [0.15, 0.2) is 11.4 Å². The summed E-state index contributed by atoms with van der Waals surface area (Å²) in [7, 11) is 1.64. The summed E-state index contributed by atoms with van der Waals surface area (Å²) >= 11 is 0. The van der Waals surface area contributed by atoms with Crippen LogP contribution in [-0.2, 0) is 4.74 Å². The zero-order valence-corrected chi connectivity index (χ0v) is 21.2. The second-order valence-corrected chi connectivity index (χ2v) is 10.3. The molecule has 1 N–H and O–H groups in total. The van der Waals surface area contributed by atoms with Gasteiger partial charge in [-0.2, -0.15) is 5.10 Å². The molecule has 36 heavy (non-hydrogen) atoms. The quantitative estimate of drug-likeness (QED) is 0.455. The van der Waals surface area contributed by atoms with Crippen molar-refractivity contribution in [1.82, 2.24) is 29.0 Å². The molecular weight excluding hydrogens is 456 g/mol. The Morgan fingerprint density at radius 1 is 1.08 bits per heavy atom. The first kappa shape index (κ1) is 23.2. The molecule has 4 aromatic rings. The molecule has 1 aliphatic heterocycles. The highest BCUT2D eigenvalue weighted by atomic mass is 16.5. The number of methoxy groups -OCH3 is 1. The minimum Gasteiger partial charge on any atom is -0.493 e. The van der Waals surface area contributed by atoms with Crippen LogP contribution in [0.2, 0.25) is 0 Å². The summed E-state index contributed by atoms with van der Waals surface area (Å²) < 4.78 is 14.9. The number of nitrogens with one attached hydrogen (secondary N) is 1. The number of imidazole rings is 1. The highest BCUT2D eigenvalue weighted by Gasteiger charge is 2.29. The third kappa shape index (κ3) is 4.00. The van der Waals surface area contributed by atoms with Crippen molar-refractivity contribution in [2.45, 2.75) is 57.5 Å². The lowest BCUT2D eigenvalue weighted by molar-refractivity contribution is 0.00549. The van der Waals surface area contributed by atoms with Crippen molar-refractivity contribution >= 4 is 16.7 Å². The van der Waals surface area contributed by atoms with Gasteiger partial charge in [0.05, 0.1) is 31.4 Å². The smallest absolute Gasteiger partial charge is 0.326 e. The van der Waals surface area contributed by atoms with E-state index in [9.17, 15) is 4.79 Å². The molecule has 0 spiro atoms. The van der Waals surface area contributed by atoms with Crippen LogP contribution < -0.4 is 10.4 Å². The Morgan fingerprint density at radius 3 is 2.56 bits per heavy atom. The molecule has 190 valence electrons. The van der Waals surface area contributed by atoms with Crippen LogP contribution in [0.5, 0.6) is 5.75 Å². The summed E-state index contributed by atoms with van der Waals surface area (Å²) in [6.45, 7) is 8.09. The van der Waals surface area contributed by atoms with E-state index in [4.69, 9.17) is 9.47 Å². The molecule has 0 unspecified atom stereocenters. The van der Waals surface area contributed by atoms with Gasteiger partial charge in [0.1, 0.15) is 6.33 Å². The first-order valence-electron chi connectivity index (χ1n) is 13.0. The molecule has 6 rings (SSSR count). The van der Waals surface area contributed by atoms with Crippen molar-refractivity contribution in [3.05, 3.63) is 46.8 Å². The molecule has 9 nitrogen and oxygen atoms in total. The average molecular weight is 491 g/mol. The van der Waals surface area contributed by atoms with Gasteiger partial charge in [-0.3, -0.25) is 9.47 Å². The lowest BCUT2D eigenvalue weighted by Gasteiger charge is -2.39. The van der Waals surface area contributed by atoms with E-state index in [1.807, 2.05) is 16.8 Å². The first-order valence-corrected chi connectivity index (χ1v) is 13.0. The number of hydrogen-bond acceptors (Lipinski definition) is 6. The minimum absolute atomic E-state index is 0.0176. The van der Waals surface area contributed by atoms with Gasteiger partial charge in [-0.15, -0.1) is 0 Å². The molecular formula is C27H34N6O3. The van der Waals surface area contributed by atoms with E-state index in [1.165, 1.54) is 11.9 Å². The Labute approximate surface area is 210 Å². The zero-order valence-electron chi connectivity index (χ0n) is 21.2. The molecule has 0 bridgehead atoms. The van der Waals surface area contributed by atoms with Gasteiger partial charge in [-0.05, 0) is 60.9 Å². The molecule has 1 saturated carbocycles. The maximum atomic E-state index is 13.2. The van der Waals surface area contributed by atoms with Gasteiger partial charge >= 0.3 is 5.69 Å². The van der Waals surface area contributed by atoms with Gasteiger partial charge in [0.25, 0.3) is 0 Å². The number of morpholine rings is 1. The summed E-state index contributed by atoms with van der Waals surface area (Å²) in [5.41, 5.74) is 5.77. The molecule has 2 aliphatic rings. The highest BCUT2D eigenvalue weighted by Crippen LogP contribution is 2.37. The third-order valence-corrected chi connectivity index (χ3v) is 7.98. The Hall–Kier alpha value is -3.17. The SMILES string of the molecule is COc1cc(-c2cc3[nH]c(=O)n(C4CCC(N5CCOCC5)CC4)c3cc2C(C)C)cn2ncnc12. The van der Waals surface area contributed by atoms with Crippen molar-refractivity contribution < 1.29 is 9.47 Å². The fourth-order valence-electron chi connectivity index (χ4n) is 6.10. The van der Waals surface area contributed by atoms with E-state index in [2.05, 4.69) is 45.9 Å². The number of fused-ring (bicyclic) bond motifs is 2. The maximum Gasteiger partial charge on any atom is 0.326 e. The van der Waals surface area contributed by atoms with E-state index in [-0.39, 0.29) is 17.6 Å². The summed E-state index contributed by atoms with van der Waals surface area (Å²) in [5, 5.41) is 4.32. The summed E-state index contributed by atoms with van der Waals surface area (Å²) in [4.78, 5) is 23.2. The maximum absolute atomic E-state index is 13.2. The van der Waals surface area contributed by atoms with Crippen molar-refractivity contribution in [3.63, 3.8) is 0 Å². The van der Waals surface area contributed by atoms with Crippen LogP contribution in [0.15, 0.2) is 35.5 Å². The van der Waals surface area contributed by atoms with E-state index in [0.29, 0.717) is 17.4 Å². The highest BCUT2D eigenvalue weighted by molar-refractivity contribution is 5.85. The zero-order chi connectivity index (χ0) is 24.8. The van der Waals surface area contributed by atoms with Crippen LogP contribution in [0.1, 0.15) is 57.1 Å². The second kappa shape index (κ2) is 9.37. The minimum atomic E-state index is -0.0176. The number of benzene rings is 1. The van der Waals surface area contributed by atoms with Crippen molar-refractivity contribution in [2.24, 2.45) is 0 Å². The van der Waals surface area contributed by atoms with E-state index in [1.54, 1.807) is 11.6 Å². The van der Waals surface area contributed by atoms with Crippen LogP contribution in [-0.4, -0.2) is 68.5 Å². The number of nitrogens with zero attached hydrogens (tertiary/aromatic N) is 5. The number of pyridine rings is 1. The average Bonchev–Trinajstić information content (AvgIpc) is 3.51. The lowest BCUT2D eigenvalue weighted by Crippen LogP contribution is -2.45. The van der Waals surface area contributed by atoms with Crippen molar-refractivity contribution in [2.75, 3.05) is 33.4 Å². The van der Waals surface area contributed by atoms with E-state index in [0.717, 1.165) is 74.1 Å². The molecule has 0 amide bonds. The summed E-state index contributed by atoms with van der Waals surface area (Å²) in [5.74, 6) is 0.945. The second-order valence-electron chi connectivity index (χ2n) is 10.3. The Morgan fingerprint density at radius 2 is 1.83 bits per heavy atom. The lowest BCUT2D eigenvalue weighted by atomic mass is 9.89. The van der Waals surface area contributed by atoms with Gasteiger partial charge in [-0.25, -0.2) is 14.3 Å². The Balaban J connectivity index is 1.37. The monoisotopic (exact) mass is 490 g/mol. The fraction of sp³-hybridized carbons (Fsp3) is 0.519. The molecule has 4 heterocycles. The van der Waals surface area contributed by atoms with Crippen LogP contribution in [0, 0.1) is 0 Å². The predicted octanol–water partition coefficient (Wildman–Crippen LogP) is 3.99. The summed E-state index contributed by atoms with van der Waals surface area (Å²) in [6.07, 6.45) is 7.79. The number of aromatic nitrogens is 5. The number of hydrogen-bond donors (Lipinski definition) is 1. The summed E-state index contributed by atoms with van der Waals surface area (Å²) in [6, 6.07) is 7.14. The van der Waals surface area contributed by atoms with Gasteiger partial charge < -0.3 is 14.5 Å². The van der Waals surface area contributed by atoms with Crippen LogP contribution >= 0.6 is 0 Å². The molecule has 9 heteroatoms. The molecule has 1 saturated heterocycles. The molecule has 1 aromatic carbocycles. The van der Waals surface area contributed by atoms with Gasteiger partial charge in [-0.1, -0.05) is 13.8 Å². The first-order chi connectivity index (χ1) is 17.5. The van der Waals surface area contributed by atoms with Crippen LogP contribution in [0.4, 0.5) is 0 Å². The van der Waals surface area contributed by atoms with E-state index < -0.39 is 0 Å². The van der Waals surface area contributed by atoms with Gasteiger partial charge in [0.2, 0.25) is 0 Å².